The first-order valence-corrected chi connectivity index (χ1v) is 7.69. The van der Waals surface area contributed by atoms with Gasteiger partial charge in [0.05, 0.1) is 10.7 Å². The van der Waals surface area contributed by atoms with Crippen LogP contribution in [0.4, 0.5) is 0 Å². The summed E-state index contributed by atoms with van der Waals surface area (Å²) in [5, 5.41) is 1.11. The summed E-state index contributed by atoms with van der Waals surface area (Å²) in [4.78, 5) is 19.0. The maximum absolute atomic E-state index is 11.2. The zero-order valence-electron chi connectivity index (χ0n) is 12.2. The number of nitrogens with zero attached hydrogens (tertiary/aromatic N) is 2. The van der Waals surface area contributed by atoms with Crippen molar-refractivity contribution < 1.29 is 4.79 Å². The molecule has 0 aliphatic heterocycles. The van der Waals surface area contributed by atoms with Crippen molar-refractivity contribution in [3.05, 3.63) is 40.2 Å². The fraction of sp³-hybridized carbons (Fsp3) is 0.375. The van der Waals surface area contributed by atoms with Crippen molar-refractivity contribution in [2.45, 2.75) is 26.7 Å². The van der Waals surface area contributed by atoms with Gasteiger partial charge in [0.1, 0.15) is 0 Å². The minimum absolute atomic E-state index is 0.0977. The molecule has 0 fully saturated rings. The second-order valence-electron chi connectivity index (χ2n) is 4.79. The molecule has 0 saturated carbocycles. The Bertz CT molecular complexity index is 577. The van der Waals surface area contributed by atoms with Gasteiger partial charge in [-0.3, -0.25) is 4.79 Å². The number of carbonyl (C=O) groups excluding carboxylic acids is 1. The normalized spacial score (nSPS) is 10.6. The van der Waals surface area contributed by atoms with Crippen LogP contribution in [0.25, 0.3) is 11.3 Å². The molecule has 106 valence electrons. The van der Waals surface area contributed by atoms with Crippen molar-refractivity contribution in [1.82, 2.24) is 9.88 Å². The number of carbonyl (C=O) groups is 1. The van der Waals surface area contributed by atoms with E-state index in [-0.39, 0.29) is 5.91 Å². The molecule has 0 aliphatic carbocycles. The van der Waals surface area contributed by atoms with Gasteiger partial charge in [-0.2, -0.15) is 0 Å². The van der Waals surface area contributed by atoms with E-state index in [1.54, 1.807) is 23.2 Å². The van der Waals surface area contributed by atoms with Gasteiger partial charge in [0.2, 0.25) is 5.91 Å². The summed E-state index contributed by atoms with van der Waals surface area (Å²) in [6.07, 6.45) is 1.81. The largest absolute Gasteiger partial charge is 0.346 e. The molecule has 0 aliphatic rings. The second-order valence-corrected chi connectivity index (χ2v) is 5.96. The van der Waals surface area contributed by atoms with Gasteiger partial charge >= 0.3 is 0 Å². The van der Waals surface area contributed by atoms with Gasteiger partial charge in [-0.25, -0.2) is 4.98 Å². The molecule has 0 saturated heterocycles. The molecule has 20 heavy (non-hydrogen) atoms. The maximum Gasteiger partial charge on any atom is 0.219 e. The number of hydrogen-bond donors (Lipinski definition) is 0. The molecule has 2 aromatic rings. The van der Waals surface area contributed by atoms with Crippen LogP contribution in [-0.2, 0) is 17.6 Å². The zero-order chi connectivity index (χ0) is 14.5. The van der Waals surface area contributed by atoms with Crippen LogP contribution in [-0.4, -0.2) is 29.4 Å². The number of amides is 1. The monoisotopic (exact) mass is 288 g/mol. The Labute approximate surface area is 124 Å². The van der Waals surface area contributed by atoms with Crippen LogP contribution in [0.3, 0.4) is 0 Å². The van der Waals surface area contributed by atoms with Crippen LogP contribution in [0.2, 0.25) is 0 Å². The third-order valence-corrected chi connectivity index (χ3v) is 4.57. The Morgan fingerprint density at radius 1 is 1.30 bits per heavy atom. The molecular weight excluding hydrogens is 268 g/mol. The van der Waals surface area contributed by atoms with Crippen molar-refractivity contribution in [2.75, 3.05) is 13.6 Å². The van der Waals surface area contributed by atoms with Crippen LogP contribution < -0.4 is 0 Å². The molecule has 2 rings (SSSR count). The Hall–Kier alpha value is -1.68. The van der Waals surface area contributed by atoms with Crippen molar-refractivity contribution in [3.8, 4) is 11.3 Å². The number of thiazole rings is 1. The topological polar surface area (TPSA) is 33.2 Å². The molecule has 0 N–H and O–H groups in total. The number of aryl methyl sites for hydroxylation is 1. The molecule has 3 nitrogen and oxygen atoms in total. The van der Waals surface area contributed by atoms with E-state index < -0.39 is 0 Å². The third kappa shape index (κ3) is 3.45. The average molecular weight is 288 g/mol. The first kappa shape index (κ1) is 14.7. The number of rotatable bonds is 5. The Balaban J connectivity index is 2.17. The fourth-order valence-corrected chi connectivity index (χ4v) is 3.01. The van der Waals surface area contributed by atoms with Crippen LogP contribution in [0.15, 0.2) is 30.3 Å². The summed E-state index contributed by atoms with van der Waals surface area (Å²) in [6.45, 7) is 4.47. The lowest BCUT2D eigenvalue weighted by molar-refractivity contribution is -0.127. The molecular formula is C16H20N2OS. The standard InChI is InChI=1S/C16H20N2OS/c1-4-14-16(13-8-6-5-7-9-13)17-15(20-14)10-11-18(3)12(2)19/h5-9H,4,10-11H2,1-3H3. The molecule has 0 radical (unpaired) electrons. The summed E-state index contributed by atoms with van der Waals surface area (Å²) in [5.41, 5.74) is 2.27. The highest BCUT2D eigenvalue weighted by Gasteiger charge is 2.12. The molecule has 0 atom stereocenters. The van der Waals surface area contributed by atoms with Crippen molar-refractivity contribution in [3.63, 3.8) is 0 Å². The Kier molecular flexibility index (Phi) is 4.90. The SMILES string of the molecule is CCc1sc(CCN(C)C(C)=O)nc1-c1ccccc1. The lowest BCUT2D eigenvalue weighted by Crippen LogP contribution is -2.26. The zero-order valence-corrected chi connectivity index (χ0v) is 13.0. The Morgan fingerprint density at radius 3 is 2.60 bits per heavy atom. The van der Waals surface area contributed by atoms with Crippen LogP contribution in [0.5, 0.6) is 0 Å². The van der Waals surface area contributed by atoms with Crippen LogP contribution in [0.1, 0.15) is 23.7 Å². The first-order valence-electron chi connectivity index (χ1n) is 6.87. The van der Waals surface area contributed by atoms with Crippen LogP contribution >= 0.6 is 11.3 Å². The van der Waals surface area contributed by atoms with Gasteiger partial charge in [-0.15, -0.1) is 11.3 Å². The quantitative estimate of drug-likeness (QED) is 0.845. The summed E-state index contributed by atoms with van der Waals surface area (Å²) in [5.74, 6) is 0.0977. The van der Waals surface area contributed by atoms with Gasteiger partial charge < -0.3 is 4.90 Å². The summed E-state index contributed by atoms with van der Waals surface area (Å²) >= 11 is 1.76. The van der Waals surface area contributed by atoms with Gasteiger partial charge in [-0.05, 0) is 6.42 Å². The number of benzene rings is 1. The number of hydrogen-bond acceptors (Lipinski definition) is 3. The summed E-state index contributed by atoms with van der Waals surface area (Å²) in [7, 11) is 1.83. The molecule has 1 heterocycles. The highest BCUT2D eigenvalue weighted by Crippen LogP contribution is 2.28. The molecule has 0 unspecified atom stereocenters. The van der Waals surface area contributed by atoms with Gasteiger partial charge in [-0.1, -0.05) is 37.3 Å². The first-order chi connectivity index (χ1) is 9.61. The van der Waals surface area contributed by atoms with Crippen molar-refractivity contribution in [2.24, 2.45) is 0 Å². The summed E-state index contributed by atoms with van der Waals surface area (Å²) in [6, 6.07) is 10.3. The van der Waals surface area contributed by atoms with E-state index in [1.165, 1.54) is 10.4 Å². The molecule has 1 aromatic carbocycles. The predicted molar refractivity (Wildman–Crippen MR) is 83.9 cm³/mol. The van der Waals surface area contributed by atoms with E-state index in [0.717, 1.165) is 30.1 Å². The lowest BCUT2D eigenvalue weighted by atomic mass is 10.1. The van der Waals surface area contributed by atoms with E-state index in [0.29, 0.717) is 0 Å². The molecule has 0 spiro atoms. The number of aromatic nitrogens is 1. The molecule has 1 amide bonds. The minimum Gasteiger partial charge on any atom is -0.346 e. The van der Waals surface area contributed by atoms with E-state index in [4.69, 9.17) is 4.98 Å². The molecule has 4 heteroatoms. The maximum atomic E-state index is 11.2. The van der Waals surface area contributed by atoms with E-state index in [1.807, 2.05) is 25.2 Å². The van der Waals surface area contributed by atoms with Gasteiger partial charge in [0.15, 0.2) is 0 Å². The smallest absolute Gasteiger partial charge is 0.219 e. The van der Waals surface area contributed by atoms with Crippen LogP contribution in [0, 0.1) is 0 Å². The summed E-state index contributed by atoms with van der Waals surface area (Å²) < 4.78 is 0. The highest BCUT2D eigenvalue weighted by atomic mass is 32.1. The van der Waals surface area contributed by atoms with Crippen molar-refractivity contribution >= 4 is 17.2 Å². The van der Waals surface area contributed by atoms with Crippen molar-refractivity contribution in [1.29, 1.82) is 0 Å². The van der Waals surface area contributed by atoms with Gasteiger partial charge in [0.25, 0.3) is 0 Å². The number of likely N-dealkylation sites (N-methyl/N-ethyl adjacent to an activating group) is 1. The highest BCUT2D eigenvalue weighted by molar-refractivity contribution is 7.12. The van der Waals surface area contributed by atoms with E-state index in [2.05, 4.69) is 19.1 Å². The Morgan fingerprint density at radius 2 is 2.00 bits per heavy atom. The predicted octanol–water partition coefficient (Wildman–Crippen LogP) is 3.39. The molecule has 0 bridgehead atoms. The van der Waals surface area contributed by atoms with Gasteiger partial charge in [0, 0.05) is 37.4 Å². The minimum atomic E-state index is 0.0977. The van der Waals surface area contributed by atoms with E-state index >= 15 is 0 Å². The fourth-order valence-electron chi connectivity index (χ4n) is 1.99. The lowest BCUT2D eigenvalue weighted by Gasteiger charge is -2.12. The molecule has 1 aromatic heterocycles. The average Bonchev–Trinajstić information content (AvgIpc) is 2.88. The van der Waals surface area contributed by atoms with E-state index in [9.17, 15) is 4.79 Å². The third-order valence-electron chi connectivity index (χ3n) is 3.31. The second kappa shape index (κ2) is 6.66.